The summed E-state index contributed by atoms with van der Waals surface area (Å²) in [6, 6.07) is 11.0. The molecule has 0 aliphatic heterocycles. The summed E-state index contributed by atoms with van der Waals surface area (Å²) in [5, 5.41) is 9.92. The predicted octanol–water partition coefficient (Wildman–Crippen LogP) is 7.18. The zero-order valence-electron chi connectivity index (χ0n) is 16.9. The summed E-state index contributed by atoms with van der Waals surface area (Å²) in [6.07, 6.45) is 14.9. The summed E-state index contributed by atoms with van der Waals surface area (Å²) in [4.78, 5) is 0. The third-order valence-corrected chi connectivity index (χ3v) is 6.06. The Bertz CT molecular complexity index is 534. The molecule has 0 atom stereocenters. The first-order valence-corrected chi connectivity index (χ1v) is 10.9. The molecule has 2 heteroatoms. The van der Waals surface area contributed by atoms with E-state index in [1.807, 2.05) is 12.1 Å². The molecule has 1 aliphatic rings. The lowest BCUT2D eigenvalue weighted by Gasteiger charge is -2.35. The fourth-order valence-electron chi connectivity index (χ4n) is 4.17. The molecule has 1 fully saturated rings. The zero-order chi connectivity index (χ0) is 18.7. The molecule has 0 heterocycles. The van der Waals surface area contributed by atoms with E-state index in [0.717, 1.165) is 44.0 Å². The van der Waals surface area contributed by atoms with Crippen LogP contribution in [0.4, 0.5) is 0 Å². The fraction of sp³-hybridized carbons (Fsp3) is 0.708. The second-order valence-electron chi connectivity index (χ2n) is 8.07. The van der Waals surface area contributed by atoms with E-state index >= 15 is 0 Å². The molecule has 0 N–H and O–H groups in total. The molecule has 2 rings (SSSR count). The van der Waals surface area contributed by atoms with Crippen LogP contribution in [0.1, 0.15) is 96.5 Å². The van der Waals surface area contributed by atoms with E-state index in [2.05, 4.69) is 32.0 Å². The summed E-state index contributed by atoms with van der Waals surface area (Å²) in [5.74, 6) is 1.76. The van der Waals surface area contributed by atoms with Crippen LogP contribution in [0.25, 0.3) is 0 Å². The molecule has 0 aromatic heterocycles. The van der Waals surface area contributed by atoms with Crippen molar-refractivity contribution in [1.82, 2.24) is 0 Å². The number of nitrogens with zero attached hydrogens (tertiary/aromatic N) is 1. The molecule has 1 aliphatic carbocycles. The molecule has 1 aromatic carbocycles. The van der Waals surface area contributed by atoms with Crippen LogP contribution in [-0.2, 0) is 5.41 Å². The summed E-state index contributed by atoms with van der Waals surface area (Å²) in [7, 11) is 0. The number of ether oxygens (including phenoxy) is 1. The maximum atomic E-state index is 9.92. The number of hydrogen-bond donors (Lipinski definition) is 0. The van der Waals surface area contributed by atoms with Gasteiger partial charge in [-0.3, -0.25) is 0 Å². The van der Waals surface area contributed by atoms with Gasteiger partial charge in [-0.2, -0.15) is 5.26 Å². The molecular weight excluding hydrogens is 318 g/mol. The zero-order valence-corrected chi connectivity index (χ0v) is 16.9. The van der Waals surface area contributed by atoms with E-state index in [-0.39, 0.29) is 5.41 Å². The van der Waals surface area contributed by atoms with Crippen LogP contribution in [0, 0.1) is 17.2 Å². The molecule has 1 saturated carbocycles. The van der Waals surface area contributed by atoms with Crippen molar-refractivity contribution in [3.8, 4) is 11.8 Å². The molecule has 0 unspecified atom stereocenters. The molecule has 1 aromatic rings. The predicted molar refractivity (Wildman–Crippen MR) is 109 cm³/mol. The lowest BCUT2D eigenvalue weighted by atomic mass is 9.67. The van der Waals surface area contributed by atoms with Crippen molar-refractivity contribution < 1.29 is 4.74 Å². The van der Waals surface area contributed by atoms with Gasteiger partial charge in [-0.05, 0) is 55.7 Å². The van der Waals surface area contributed by atoms with Crippen molar-refractivity contribution in [3.05, 3.63) is 29.8 Å². The van der Waals surface area contributed by atoms with Crippen LogP contribution >= 0.6 is 0 Å². The van der Waals surface area contributed by atoms with Gasteiger partial charge in [0.1, 0.15) is 5.75 Å². The molecule has 0 radical (unpaired) electrons. The van der Waals surface area contributed by atoms with Gasteiger partial charge in [0.05, 0.1) is 18.1 Å². The maximum Gasteiger partial charge on any atom is 0.119 e. The van der Waals surface area contributed by atoms with Crippen LogP contribution in [0.3, 0.4) is 0 Å². The normalized spacial score (nSPS) is 22.7. The smallest absolute Gasteiger partial charge is 0.119 e. The highest BCUT2D eigenvalue weighted by molar-refractivity contribution is 5.37. The van der Waals surface area contributed by atoms with E-state index in [1.54, 1.807) is 0 Å². The highest BCUT2D eigenvalue weighted by atomic mass is 16.5. The van der Waals surface area contributed by atoms with Crippen molar-refractivity contribution in [2.45, 2.75) is 96.3 Å². The Morgan fingerprint density at radius 1 is 0.962 bits per heavy atom. The third kappa shape index (κ3) is 6.04. The minimum absolute atomic E-state index is 0.277. The molecule has 0 saturated heterocycles. The molecular formula is C24H37NO. The Morgan fingerprint density at radius 2 is 1.62 bits per heavy atom. The van der Waals surface area contributed by atoms with Gasteiger partial charge in [-0.25, -0.2) is 0 Å². The van der Waals surface area contributed by atoms with Crippen LogP contribution in [0.2, 0.25) is 0 Å². The summed E-state index contributed by atoms with van der Waals surface area (Å²) in [6.45, 7) is 5.22. The van der Waals surface area contributed by atoms with Gasteiger partial charge >= 0.3 is 0 Å². The summed E-state index contributed by atoms with van der Waals surface area (Å²) in [5.41, 5.74) is 0.907. The minimum atomic E-state index is -0.277. The van der Waals surface area contributed by atoms with Crippen molar-refractivity contribution in [3.63, 3.8) is 0 Å². The quantitative estimate of drug-likeness (QED) is 0.394. The Morgan fingerprint density at radius 3 is 2.23 bits per heavy atom. The SMILES string of the molecule is CCCCCCCC1CCC(C#N)(c2ccc(OCCCC)cc2)CC1. The minimum Gasteiger partial charge on any atom is -0.494 e. The summed E-state index contributed by atoms with van der Waals surface area (Å²) >= 11 is 0. The van der Waals surface area contributed by atoms with Gasteiger partial charge in [-0.15, -0.1) is 0 Å². The average Bonchev–Trinajstić information content (AvgIpc) is 2.69. The Balaban J connectivity index is 1.83. The van der Waals surface area contributed by atoms with Crippen molar-refractivity contribution >= 4 is 0 Å². The number of unbranched alkanes of at least 4 members (excludes halogenated alkanes) is 5. The number of benzene rings is 1. The molecule has 144 valence electrons. The lowest BCUT2D eigenvalue weighted by Crippen LogP contribution is -2.30. The van der Waals surface area contributed by atoms with Crippen molar-refractivity contribution in [2.75, 3.05) is 6.61 Å². The molecule has 0 bridgehead atoms. The lowest BCUT2D eigenvalue weighted by molar-refractivity contribution is 0.261. The van der Waals surface area contributed by atoms with Gasteiger partial charge in [-0.1, -0.05) is 70.9 Å². The van der Waals surface area contributed by atoms with Crippen LogP contribution in [-0.4, -0.2) is 6.61 Å². The third-order valence-electron chi connectivity index (χ3n) is 6.06. The van der Waals surface area contributed by atoms with Crippen LogP contribution < -0.4 is 4.74 Å². The topological polar surface area (TPSA) is 33.0 Å². The second-order valence-corrected chi connectivity index (χ2v) is 8.07. The number of nitriles is 1. The van der Waals surface area contributed by atoms with Crippen LogP contribution in [0.15, 0.2) is 24.3 Å². The monoisotopic (exact) mass is 355 g/mol. The molecule has 0 spiro atoms. The number of rotatable bonds is 11. The first-order chi connectivity index (χ1) is 12.7. The largest absolute Gasteiger partial charge is 0.494 e. The van der Waals surface area contributed by atoms with Crippen molar-refractivity contribution in [2.24, 2.45) is 5.92 Å². The van der Waals surface area contributed by atoms with Gasteiger partial charge < -0.3 is 4.74 Å². The standard InChI is InChI=1S/C24H37NO/c1-3-5-7-8-9-10-21-15-17-24(20-25,18-16-21)22-11-13-23(14-12-22)26-19-6-4-2/h11-14,21H,3-10,15-19H2,1-2H3. The first kappa shape index (κ1) is 20.8. The maximum absolute atomic E-state index is 9.92. The van der Waals surface area contributed by atoms with Crippen LogP contribution in [0.5, 0.6) is 5.75 Å². The van der Waals surface area contributed by atoms with E-state index in [1.165, 1.54) is 56.9 Å². The van der Waals surface area contributed by atoms with Gasteiger partial charge in [0.15, 0.2) is 0 Å². The van der Waals surface area contributed by atoms with Gasteiger partial charge in [0.25, 0.3) is 0 Å². The Labute approximate surface area is 161 Å². The fourth-order valence-corrected chi connectivity index (χ4v) is 4.17. The molecule has 0 amide bonds. The highest BCUT2D eigenvalue weighted by Gasteiger charge is 2.36. The van der Waals surface area contributed by atoms with Crippen molar-refractivity contribution in [1.29, 1.82) is 5.26 Å². The molecule has 26 heavy (non-hydrogen) atoms. The first-order valence-electron chi connectivity index (χ1n) is 10.9. The van der Waals surface area contributed by atoms with Gasteiger partial charge in [0.2, 0.25) is 0 Å². The van der Waals surface area contributed by atoms with E-state index < -0.39 is 0 Å². The van der Waals surface area contributed by atoms with E-state index in [0.29, 0.717) is 0 Å². The summed E-state index contributed by atoms with van der Waals surface area (Å²) < 4.78 is 5.76. The van der Waals surface area contributed by atoms with E-state index in [9.17, 15) is 5.26 Å². The average molecular weight is 356 g/mol. The Hall–Kier alpha value is -1.49. The van der Waals surface area contributed by atoms with E-state index in [4.69, 9.17) is 4.74 Å². The number of hydrogen-bond acceptors (Lipinski definition) is 2. The Kier molecular flexibility index (Phi) is 9.02. The highest BCUT2D eigenvalue weighted by Crippen LogP contribution is 2.43. The van der Waals surface area contributed by atoms with Gasteiger partial charge in [0, 0.05) is 0 Å². The molecule has 2 nitrogen and oxygen atoms in total. The second kappa shape index (κ2) is 11.3.